The van der Waals surface area contributed by atoms with Gasteiger partial charge in [-0.15, -0.1) is 0 Å². The molecule has 1 fully saturated rings. The molecule has 1 amide bonds. The number of aryl methyl sites for hydroxylation is 1. The Morgan fingerprint density at radius 3 is 2.61 bits per heavy atom. The van der Waals surface area contributed by atoms with Crippen LogP contribution in [-0.2, 0) is 6.54 Å². The van der Waals surface area contributed by atoms with Crippen LogP contribution in [0.15, 0.2) is 63.9 Å². The number of halogens is 1. The highest BCUT2D eigenvalue weighted by Gasteiger charge is 2.24. The van der Waals surface area contributed by atoms with E-state index in [1.165, 1.54) is 15.9 Å². The summed E-state index contributed by atoms with van der Waals surface area (Å²) in [4.78, 5) is 34.9. The maximum atomic E-state index is 12.8. The second-order valence-electron chi connectivity index (χ2n) is 8.10. The standard InChI is InChI=1S/C24H22BrN5O2S/c1-16-5-4-6-17(13-16)22-27-30-21(31)14-18(26-24(30)33-22)15-28-9-11-29(12-10-28)23(32)19-7-2-3-8-20(19)25/h2-8,13-14H,9-12,15H2,1H3. The van der Waals surface area contributed by atoms with Crippen molar-refractivity contribution in [2.24, 2.45) is 0 Å². The molecular formula is C24H22BrN5O2S. The van der Waals surface area contributed by atoms with E-state index in [2.05, 4.69) is 32.0 Å². The SMILES string of the molecule is Cc1cccc(-c2nn3c(=O)cc(CN4CCN(C(=O)c5ccccc5Br)CC4)nc3s2)c1. The molecule has 9 heteroatoms. The van der Waals surface area contributed by atoms with Gasteiger partial charge < -0.3 is 4.90 Å². The molecule has 1 aliphatic heterocycles. The second kappa shape index (κ2) is 9.17. The Morgan fingerprint density at radius 2 is 1.85 bits per heavy atom. The number of piperazine rings is 1. The summed E-state index contributed by atoms with van der Waals surface area (Å²) < 4.78 is 2.19. The molecule has 3 heterocycles. The van der Waals surface area contributed by atoms with Crippen LogP contribution in [-0.4, -0.2) is 56.5 Å². The Hall–Kier alpha value is -2.88. The molecule has 0 radical (unpaired) electrons. The molecular weight excluding hydrogens is 502 g/mol. The molecule has 0 bridgehead atoms. The fourth-order valence-corrected chi connectivity index (χ4v) is 5.35. The molecule has 0 N–H and O–H groups in total. The first-order chi connectivity index (χ1) is 16.0. The quantitative estimate of drug-likeness (QED) is 0.406. The van der Waals surface area contributed by atoms with Gasteiger partial charge in [0.1, 0.15) is 5.01 Å². The van der Waals surface area contributed by atoms with Crippen LogP contribution in [0.25, 0.3) is 15.5 Å². The van der Waals surface area contributed by atoms with Gasteiger partial charge in [0, 0.05) is 48.8 Å². The number of fused-ring (bicyclic) bond motifs is 1. The summed E-state index contributed by atoms with van der Waals surface area (Å²) in [6.45, 7) is 5.34. The van der Waals surface area contributed by atoms with Crippen molar-refractivity contribution in [3.8, 4) is 10.6 Å². The zero-order chi connectivity index (χ0) is 22.9. The van der Waals surface area contributed by atoms with Gasteiger partial charge in [0.25, 0.3) is 11.5 Å². The lowest BCUT2D eigenvalue weighted by atomic mass is 10.1. The summed E-state index contributed by atoms with van der Waals surface area (Å²) in [5.74, 6) is 0.0354. The Labute approximate surface area is 203 Å². The molecule has 0 saturated carbocycles. The van der Waals surface area contributed by atoms with Crippen LogP contribution in [0, 0.1) is 6.92 Å². The third-order valence-corrected chi connectivity index (χ3v) is 7.36. The first-order valence-corrected chi connectivity index (χ1v) is 12.3. The summed E-state index contributed by atoms with van der Waals surface area (Å²) >= 11 is 4.88. The van der Waals surface area contributed by atoms with E-state index in [9.17, 15) is 9.59 Å². The van der Waals surface area contributed by atoms with Crippen molar-refractivity contribution in [1.82, 2.24) is 24.4 Å². The monoisotopic (exact) mass is 523 g/mol. The highest BCUT2D eigenvalue weighted by molar-refractivity contribution is 9.10. The van der Waals surface area contributed by atoms with E-state index >= 15 is 0 Å². The average Bonchev–Trinajstić information content (AvgIpc) is 3.24. The number of hydrogen-bond donors (Lipinski definition) is 0. The Kier molecular flexibility index (Phi) is 6.09. The predicted octanol–water partition coefficient (Wildman–Crippen LogP) is 3.85. The minimum atomic E-state index is -0.173. The van der Waals surface area contributed by atoms with Gasteiger partial charge in [-0.2, -0.15) is 9.61 Å². The van der Waals surface area contributed by atoms with Crippen LogP contribution >= 0.6 is 27.3 Å². The first-order valence-electron chi connectivity index (χ1n) is 10.7. The van der Waals surface area contributed by atoms with Crippen LogP contribution in [0.5, 0.6) is 0 Å². The van der Waals surface area contributed by atoms with Gasteiger partial charge in [-0.1, -0.05) is 47.2 Å². The van der Waals surface area contributed by atoms with E-state index in [1.54, 1.807) is 6.07 Å². The van der Waals surface area contributed by atoms with Gasteiger partial charge in [0.05, 0.1) is 11.3 Å². The molecule has 0 aliphatic carbocycles. The van der Waals surface area contributed by atoms with Crippen LogP contribution in [0.4, 0.5) is 0 Å². The van der Waals surface area contributed by atoms with E-state index in [0.717, 1.165) is 39.4 Å². The molecule has 7 nitrogen and oxygen atoms in total. The molecule has 4 aromatic rings. The molecule has 168 valence electrons. The third kappa shape index (κ3) is 4.62. The number of nitrogens with zero attached hydrogens (tertiary/aromatic N) is 5. The van der Waals surface area contributed by atoms with Gasteiger partial charge in [-0.25, -0.2) is 4.98 Å². The summed E-state index contributed by atoms with van der Waals surface area (Å²) in [5, 5.41) is 5.25. The van der Waals surface area contributed by atoms with Crippen molar-refractivity contribution in [2.45, 2.75) is 13.5 Å². The largest absolute Gasteiger partial charge is 0.336 e. The third-order valence-electron chi connectivity index (χ3n) is 5.71. The minimum absolute atomic E-state index is 0.0354. The highest BCUT2D eigenvalue weighted by Crippen LogP contribution is 2.25. The van der Waals surface area contributed by atoms with Crippen molar-refractivity contribution in [2.75, 3.05) is 26.2 Å². The van der Waals surface area contributed by atoms with Gasteiger partial charge in [0.2, 0.25) is 4.96 Å². The molecule has 1 saturated heterocycles. The van der Waals surface area contributed by atoms with Crippen molar-refractivity contribution < 1.29 is 4.79 Å². The van der Waals surface area contributed by atoms with Crippen molar-refractivity contribution in [1.29, 1.82) is 0 Å². The average molecular weight is 524 g/mol. The van der Waals surface area contributed by atoms with Gasteiger partial charge in [0.15, 0.2) is 0 Å². The Balaban J connectivity index is 1.29. The summed E-state index contributed by atoms with van der Waals surface area (Å²) in [7, 11) is 0. The maximum Gasteiger partial charge on any atom is 0.275 e. The van der Waals surface area contributed by atoms with E-state index in [4.69, 9.17) is 4.98 Å². The summed E-state index contributed by atoms with van der Waals surface area (Å²) in [6.07, 6.45) is 0. The van der Waals surface area contributed by atoms with E-state index in [-0.39, 0.29) is 11.5 Å². The number of hydrogen-bond acceptors (Lipinski definition) is 6. The fourth-order valence-electron chi connectivity index (χ4n) is 3.98. The summed E-state index contributed by atoms with van der Waals surface area (Å²) in [6, 6.07) is 17.1. The van der Waals surface area contributed by atoms with Gasteiger partial charge in [-0.3, -0.25) is 14.5 Å². The van der Waals surface area contributed by atoms with Crippen LogP contribution in [0.2, 0.25) is 0 Å². The zero-order valence-electron chi connectivity index (χ0n) is 18.1. The Morgan fingerprint density at radius 1 is 1.06 bits per heavy atom. The molecule has 5 rings (SSSR count). The van der Waals surface area contributed by atoms with Crippen LogP contribution in [0.3, 0.4) is 0 Å². The lowest BCUT2D eigenvalue weighted by molar-refractivity contribution is 0.0626. The molecule has 2 aromatic carbocycles. The smallest absolute Gasteiger partial charge is 0.275 e. The Bertz CT molecular complexity index is 1390. The molecule has 33 heavy (non-hydrogen) atoms. The van der Waals surface area contributed by atoms with E-state index in [1.807, 2.05) is 54.3 Å². The number of rotatable bonds is 4. The molecule has 0 spiro atoms. The fraction of sp³-hybridized carbons (Fsp3) is 0.250. The highest BCUT2D eigenvalue weighted by atomic mass is 79.9. The van der Waals surface area contributed by atoms with Crippen LogP contribution < -0.4 is 5.56 Å². The molecule has 0 atom stereocenters. The normalized spacial score (nSPS) is 14.7. The zero-order valence-corrected chi connectivity index (χ0v) is 20.5. The van der Waals surface area contributed by atoms with Crippen molar-refractivity contribution in [3.05, 3.63) is 86.2 Å². The number of carbonyl (C=O) groups excluding carboxylic acids is 1. The number of aromatic nitrogens is 3. The molecule has 0 unspecified atom stereocenters. The first kappa shape index (κ1) is 21.9. The lowest BCUT2D eigenvalue weighted by Crippen LogP contribution is -2.48. The molecule has 2 aromatic heterocycles. The number of carbonyl (C=O) groups is 1. The lowest BCUT2D eigenvalue weighted by Gasteiger charge is -2.34. The van der Waals surface area contributed by atoms with E-state index in [0.29, 0.717) is 30.2 Å². The van der Waals surface area contributed by atoms with Crippen LogP contribution in [0.1, 0.15) is 21.6 Å². The van der Waals surface area contributed by atoms with Crippen molar-refractivity contribution in [3.63, 3.8) is 0 Å². The number of amides is 1. The topological polar surface area (TPSA) is 70.8 Å². The molecule has 1 aliphatic rings. The summed E-state index contributed by atoms with van der Waals surface area (Å²) in [5.41, 5.74) is 3.36. The minimum Gasteiger partial charge on any atom is -0.336 e. The predicted molar refractivity (Wildman–Crippen MR) is 133 cm³/mol. The number of benzene rings is 2. The van der Waals surface area contributed by atoms with Crippen molar-refractivity contribution >= 4 is 38.1 Å². The maximum absolute atomic E-state index is 12.8. The van der Waals surface area contributed by atoms with Gasteiger partial charge in [-0.05, 0) is 41.1 Å². The second-order valence-corrected chi connectivity index (χ2v) is 9.92. The van der Waals surface area contributed by atoms with Gasteiger partial charge >= 0.3 is 0 Å². The van der Waals surface area contributed by atoms with E-state index < -0.39 is 0 Å².